The number of benzene rings is 2. The van der Waals surface area contributed by atoms with Gasteiger partial charge in [-0.25, -0.2) is 12.8 Å². The van der Waals surface area contributed by atoms with Crippen LogP contribution >= 0.6 is 0 Å². The number of nitrogens with zero attached hydrogens (tertiary/aromatic N) is 1. The number of rotatable bonds is 5. The van der Waals surface area contributed by atoms with E-state index in [0.717, 1.165) is 0 Å². The number of fused-ring (bicyclic) bond motifs is 1. The Morgan fingerprint density at radius 2 is 1.92 bits per heavy atom. The highest BCUT2D eigenvalue weighted by Crippen LogP contribution is 2.28. The number of sulfone groups is 1. The number of para-hydroxylation sites is 1. The van der Waals surface area contributed by atoms with Crippen LogP contribution in [0.1, 0.15) is 5.56 Å². The van der Waals surface area contributed by atoms with Crippen molar-refractivity contribution in [1.82, 2.24) is 9.88 Å². The summed E-state index contributed by atoms with van der Waals surface area (Å²) in [5, 5.41) is 3.07. The van der Waals surface area contributed by atoms with E-state index in [1.807, 2.05) is 0 Å². The number of likely N-dealkylation sites (N-methyl/N-ethyl adjacent to an activating group) is 1. The lowest BCUT2D eigenvalue weighted by atomic mass is 10.2. The summed E-state index contributed by atoms with van der Waals surface area (Å²) < 4.78 is 40.7. The Labute approximate surface area is 145 Å². The number of carbonyl (C=O) groups is 1. The highest BCUT2D eigenvalue weighted by molar-refractivity contribution is 7.90. The quantitative estimate of drug-likeness (QED) is 0.760. The first kappa shape index (κ1) is 17.2. The molecule has 0 fully saturated rings. The summed E-state index contributed by atoms with van der Waals surface area (Å²) >= 11 is 0. The molecule has 7 heteroatoms. The van der Waals surface area contributed by atoms with Gasteiger partial charge in [-0.2, -0.15) is 0 Å². The second-order valence-electron chi connectivity index (χ2n) is 5.70. The third kappa shape index (κ3) is 3.56. The van der Waals surface area contributed by atoms with E-state index in [-0.39, 0.29) is 23.1 Å². The Morgan fingerprint density at radius 3 is 2.64 bits per heavy atom. The van der Waals surface area contributed by atoms with Crippen LogP contribution in [0.25, 0.3) is 10.9 Å². The second-order valence-corrected chi connectivity index (χ2v) is 7.66. The molecule has 0 saturated carbocycles. The number of aromatic nitrogens is 1. The maximum absolute atomic E-state index is 13.3. The lowest BCUT2D eigenvalue weighted by molar-refractivity contribution is -0.121. The number of amides is 1. The molecule has 0 saturated heterocycles. The van der Waals surface area contributed by atoms with Crippen molar-refractivity contribution in [3.05, 3.63) is 66.1 Å². The van der Waals surface area contributed by atoms with Gasteiger partial charge in [0, 0.05) is 24.1 Å². The molecule has 1 N–H and O–H groups in total. The molecule has 25 heavy (non-hydrogen) atoms. The summed E-state index contributed by atoms with van der Waals surface area (Å²) in [5.74, 6) is -1.01. The molecule has 1 aromatic heterocycles. The minimum atomic E-state index is -3.70. The van der Waals surface area contributed by atoms with Crippen molar-refractivity contribution in [2.45, 2.75) is 17.2 Å². The minimum Gasteiger partial charge on any atom is -0.358 e. The van der Waals surface area contributed by atoms with Gasteiger partial charge < -0.3 is 9.88 Å². The van der Waals surface area contributed by atoms with Crippen molar-refractivity contribution in [2.75, 3.05) is 7.05 Å². The van der Waals surface area contributed by atoms with Crippen LogP contribution in [0.15, 0.2) is 59.6 Å². The molecular weight excluding hydrogens is 343 g/mol. The van der Waals surface area contributed by atoms with E-state index in [9.17, 15) is 17.6 Å². The van der Waals surface area contributed by atoms with Gasteiger partial charge in [-0.3, -0.25) is 4.79 Å². The number of nitrogens with one attached hydrogen (secondary N) is 1. The molecule has 130 valence electrons. The molecular formula is C18H17FN2O3S. The highest BCUT2D eigenvalue weighted by Gasteiger charge is 2.22. The fraction of sp³-hybridized carbons (Fsp3) is 0.167. The van der Waals surface area contributed by atoms with Gasteiger partial charge in [0.1, 0.15) is 12.4 Å². The molecule has 0 aliphatic heterocycles. The van der Waals surface area contributed by atoms with Crippen molar-refractivity contribution < 1.29 is 17.6 Å². The minimum absolute atomic E-state index is 0.0203. The molecule has 0 bridgehead atoms. The van der Waals surface area contributed by atoms with Gasteiger partial charge in [0.15, 0.2) is 9.84 Å². The number of hydrogen-bond donors (Lipinski definition) is 1. The summed E-state index contributed by atoms with van der Waals surface area (Å²) in [5.41, 5.74) is 1.03. The molecule has 5 nitrogen and oxygen atoms in total. The van der Waals surface area contributed by atoms with Crippen LogP contribution < -0.4 is 5.32 Å². The maximum Gasteiger partial charge on any atom is 0.239 e. The van der Waals surface area contributed by atoms with E-state index in [1.165, 1.54) is 31.4 Å². The topological polar surface area (TPSA) is 68.2 Å². The van der Waals surface area contributed by atoms with E-state index in [1.54, 1.807) is 34.9 Å². The standard InChI is InChI=1S/C18H17FN2O3S/c1-20-18(22)11-21-10-17(15-7-2-3-8-16(15)21)25(23,24)12-13-5-4-6-14(19)9-13/h2-10H,11-12H2,1H3,(H,20,22). The van der Waals surface area contributed by atoms with Crippen LogP contribution in [0.5, 0.6) is 0 Å². The Kier molecular flexibility index (Phi) is 4.59. The van der Waals surface area contributed by atoms with Gasteiger partial charge in [-0.15, -0.1) is 0 Å². The van der Waals surface area contributed by atoms with Crippen LogP contribution in [0.2, 0.25) is 0 Å². The number of hydrogen-bond acceptors (Lipinski definition) is 3. The Bertz CT molecular complexity index is 1040. The smallest absolute Gasteiger partial charge is 0.239 e. The molecule has 0 atom stereocenters. The van der Waals surface area contributed by atoms with Gasteiger partial charge in [0.2, 0.25) is 5.91 Å². The molecule has 0 aliphatic carbocycles. The zero-order chi connectivity index (χ0) is 18.0. The normalized spacial score (nSPS) is 11.6. The van der Waals surface area contributed by atoms with Gasteiger partial charge in [-0.1, -0.05) is 30.3 Å². The Balaban J connectivity index is 2.06. The summed E-state index contributed by atoms with van der Waals surface area (Å²) in [6, 6.07) is 12.5. The molecule has 3 rings (SSSR count). The molecule has 1 amide bonds. The van der Waals surface area contributed by atoms with Crippen molar-refractivity contribution in [3.63, 3.8) is 0 Å². The van der Waals surface area contributed by atoms with E-state index in [4.69, 9.17) is 0 Å². The van der Waals surface area contributed by atoms with Crippen LogP contribution in [-0.2, 0) is 26.9 Å². The SMILES string of the molecule is CNC(=O)Cn1cc(S(=O)(=O)Cc2cccc(F)c2)c2ccccc21. The zero-order valence-electron chi connectivity index (χ0n) is 13.6. The second kappa shape index (κ2) is 6.68. The lowest BCUT2D eigenvalue weighted by Crippen LogP contribution is -2.23. The predicted octanol–water partition coefficient (Wildman–Crippen LogP) is 2.50. The van der Waals surface area contributed by atoms with Gasteiger partial charge in [0.05, 0.1) is 10.6 Å². The van der Waals surface area contributed by atoms with Crippen molar-refractivity contribution in [1.29, 1.82) is 0 Å². The Hall–Kier alpha value is -2.67. The third-order valence-corrected chi connectivity index (χ3v) is 5.63. The molecule has 0 radical (unpaired) electrons. The van der Waals surface area contributed by atoms with E-state index in [0.29, 0.717) is 16.5 Å². The van der Waals surface area contributed by atoms with Crippen LogP contribution in [0, 0.1) is 5.82 Å². The predicted molar refractivity (Wildman–Crippen MR) is 93.3 cm³/mol. The molecule has 0 aliphatic rings. The average Bonchev–Trinajstić information content (AvgIpc) is 2.94. The van der Waals surface area contributed by atoms with E-state index >= 15 is 0 Å². The summed E-state index contributed by atoms with van der Waals surface area (Å²) in [6.07, 6.45) is 1.47. The van der Waals surface area contributed by atoms with Gasteiger partial charge >= 0.3 is 0 Å². The Morgan fingerprint density at radius 1 is 1.16 bits per heavy atom. The zero-order valence-corrected chi connectivity index (χ0v) is 14.4. The van der Waals surface area contributed by atoms with E-state index < -0.39 is 15.7 Å². The molecule has 0 unspecified atom stereocenters. The molecule has 1 heterocycles. The fourth-order valence-electron chi connectivity index (χ4n) is 2.75. The average molecular weight is 360 g/mol. The number of halogens is 1. The van der Waals surface area contributed by atoms with Crippen LogP contribution in [0.4, 0.5) is 4.39 Å². The first-order chi connectivity index (χ1) is 11.9. The first-order valence-electron chi connectivity index (χ1n) is 7.66. The first-order valence-corrected chi connectivity index (χ1v) is 9.31. The van der Waals surface area contributed by atoms with Crippen molar-refractivity contribution >= 4 is 26.6 Å². The van der Waals surface area contributed by atoms with E-state index in [2.05, 4.69) is 5.32 Å². The van der Waals surface area contributed by atoms with Crippen LogP contribution in [0.3, 0.4) is 0 Å². The number of carbonyl (C=O) groups excluding carboxylic acids is 1. The largest absolute Gasteiger partial charge is 0.358 e. The summed E-state index contributed by atoms with van der Waals surface area (Å²) in [7, 11) is -2.17. The molecule has 2 aromatic carbocycles. The molecule has 0 spiro atoms. The lowest BCUT2D eigenvalue weighted by Gasteiger charge is -2.04. The highest BCUT2D eigenvalue weighted by atomic mass is 32.2. The summed E-state index contributed by atoms with van der Waals surface area (Å²) in [4.78, 5) is 11.8. The van der Waals surface area contributed by atoms with Crippen LogP contribution in [-0.4, -0.2) is 25.9 Å². The maximum atomic E-state index is 13.3. The third-order valence-electron chi connectivity index (χ3n) is 3.93. The van der Waals surface area contributed by atoms with Crippen molar-refractivity contribution in [3.8, 4) is 0 Å². The summed E-state index contributed by atoms with van der Waals surface area (Å²) in [6.45, 7) is 0.0203. The fourth-order valence-corrected chi connectivity index (χ4v) is 4.32. The monoisotopic (exact) mass is 360 g/mol. The van der Waals surface area contributed by atoms with Gasteiger partial charge in [-0.05, 0) is 23.8 Å². The van der Waals surface area contributed by atoms with Crippen molar-refractivity contribution in [2.24, 2.45) is 0 Å². The molecule has 3 aromatic rings. The van der Waals surface area contributed by atoms with Gasteiger partial charge in [0.25, 0.3) is 0 Å².